The smallest absolute Gasteiger partial charge is 0.322 e. The number of hydrogen-bond donors (Lipinski definition) is 2. The number of anilines is 1. The van der Waals surface area contributed by atoms with Crippen LogP contribution in [0.5, 0.6) is 0 Å². The summed E-state index contributed by atoms with van der Waals surface area (Å²) in [5.74, 6) is -1.27. The average Bonchev–Trinajstić information content (AvgIpc) is 2.90. The van der Waals surface area contributed by atoms with Crippen LogP contribution in [0.4, 0.5) is 18.9 Å². The fourth-order valence-electron chi connectivity index (χ4n) is 3.22. The molecular weight excluding hydrogens is 439 g/mol. The molecule has 2 amide bonds. The van der Waals surface area contributed by atoms with Gasteiger partial charge in [-0.15, -0.1) is 0 Å². The molecule has 1 heterocycles. The van der Waals surface area contributed by atoms with Crippen LogP contribution in [0.3, 0.4) is 0 Å². The number of benzodiazepines with no additional fused rings is 1. The van der Waals surface area contributed by atoms with Crippen LogP contribution in [0, 0.1) is 0 Å². The molecule has 5 nitrogen and oxygen atoms in total. The Labute approximate surface area is 185 Å². The van der Waals surface area contributed by atoms with Crippen molar-refractivity contribution in [1.29, 1.82) is 0 Å². The van der Waals surface area contributed by atoms with E-state index < -0.39 is 23.5 Å². The zero-order valence-corrected chi connectivity index (χ0v) is 17.2. The normalized spacial score (nSPS) is 15.8. The van der Waals surface area contributed by atoms with Gasteiger partial charge in [-0.3, -0.25) is 9.59 Å². The van der Waals surface area contributed by atoms with Crippen molar-refractivity contribution >= 4 is 35.0 Å². The van der Waals surface area contributed by atoms with Gasteiger partial charge in [0.05, 0.1) is 11.4 Å². The predicted octanol–water partition coefficient (Wildman–Crippen LogP) is 4.84. The summed E-state index contributed by atoms with van der Waals surface area (Å²) in [4.78, 5) is 29.9. The van der Waals surface area contributed by atoms with Crippen LogP contribution in [0.2, 0.25) is 0 Å². The van der Waals surface area contributed by atoms with Crippen molar-refractivity contribution in [3.05, 3.63) is 95.6 Å². The minimum Gasteiger partial charge on any atom is -0.322 e. The van der Waals surface area contributed by atoms with Gasteiger partial charge in [0.2, 0.25) is 6.17 Å². The van der Waals surface area contributed by atoms with Crippen LogP contribution in [-0.4, -0.2) is 29.2 Å². The average molecular weight is 455 g/mol. The zero-order valence-electron chi connectivity index (χ0n) is 16.4. The topological polar surface area (TPSA) is 70.6 Å². The van der Waals surface area contributed by atoms with Gasteiger partial charge in [0, 0.05) is 21.6 Å². The largest absolute Gasteiger partial charge is 0.446 e. The highest BCUT2D eigenvalue weighted by Crippen LogP contribution is 2.37. The number of halogens is 3. The molecule has 162 valence electrons. The van der Waals surface area contributed by atoms with Crippen LogP contribution in [0.15, 0.2) is 88.8 Å². The lowest BCUT2D eigenvalue weighted by atomic mass is 10.0. The Morgan fingerprint density at radius 3 is 2.44 bits per heavy atom. The molecule has 32 heavy (non-hydrogen) atoms. The maximum atomic E-state index is 12.8. The Bertz CT molecular complexity index is 1200. The van der Waals surface area contributed by atoms with Crippen LogP contribution < -0.4 is 10.6 Å². The zero-order chi connectivity index (χ0) is 22.7. The molecule has 2 N–H and O–H groups in total. The molecule has 0 bridgehead atoms. The van der Waals surface area contributed by atoms with E-state index in [0.29, 0.717) is 17.0 Å². The van der Waals surface area contributed by atoms with E-state index in [4.69, 9.17) is 0 Å². The van der Waals surface area contributed by atoms with Gasteiger partial charge in [0.1, 0.15) is 0 Å². The summed E-state index contributed by atoms with van der Waals surface area (Å²) in [7, 11) is 0. The third-order valence-electron chi connectivity index (χ3n) is 4.59. The standard InChI is InChI=1S/C23H16F3N3O2S/c24-23(25,26)32-16-10-6-9-15(13-16)21(30)29-20-22(31)27-18-12-5-4-11-17(18)19(28-20)14-7-2-1-3-8-14/h1-13,20H,(H,27,31)(H,29,30)/t20-/m1/s1. The van der Waals surface area contributed by atoms with Crippen molar-refractivity contribution in [3.63, 3.8) is 0 Å². The second kappa shape index (κ2) is 8.88. The number of carbonyl (C=O) groups is 2. The summed E-state index contributed by atoms with van der Waals surface area (Å²) in [6.45, 7) is 0. The highest BCUT2D eigenvalue weighted by atomic mass is 32.2. The number of amides is 2. The van der Waals surface area contributed by atoms with Crippen LogP contribution in [-0.2, 0) is 4.79 Å². The van der Waals surface area contributed by atoms with E-state index in [1.165, 1.54) is 18.2 Å². The molecule has 0 aromatic heterocycles. The van der Waals surface area contributed by atoms with Crippen molar-refractivity contribution < 1.29 is 22.8 Å². The molecule has 4 rings (SSSR count). The van der Waals surface area contributed by atoms with Crippen molar-refractivity contribution in [2.75, 3.05) is 5.32 Å². The number of aliphatic imine (C=N–C) groups is 1. The summed E-state index contributed by atoms with van der Waals surface area (Å²) in [5, 5.41) is 5.27. The molecule has 0 saturated carbocycles. The van der Waals surface area contributed by atoms with Gasteiger partial charge in [-0.2, -0.15) is 13.2 Å². The first-order valence-electron chi connectivity index (χ1n) is 9.50. The number of rotatable bonds is 4. The molecular formula is C23H16F3N3O2S. The fraction of sp³-hybridized carbons (Fsp3) is 0.0870. The van der Waals surface area contributed by atoms with Gasteiger partial charge in [-0.1, -0.05) is 54.6 Å². The van der Waals surface area contributed by atoms with Gasteiger partial charge in [-0.25, -0.2) is 4.99 Å². The monoisotopic (exact) mass is 455 g/mol. The quantitative estimate of drug-likeness (QED) is 0.553. The molecule has 3 aromatic carbocycles. The van der Waals surface area contributed by atoms with Crippen LogP contribution in [0.25, 0.3) is 0 Å². The van der Waals surface area contributed by atoms with E-state index in [0.717, 1.165) is 11.6 Å². The third kappa shape index (κ3) is 5.00. The molecule has 0 fully saturated rings. The van der Waals surface area contributed by atoms with Crippen molar-refractivity contribution in [3.8, 4) is 0 Å². The molecule has 0 unspecified atom stereocenters. The number of hydrogen-bond acceptors (Lipinski definition) is 4. The lowest BCUT2D eigenvalue weighted by Gasteiger charge is -2.14. The van der Waals surface area contributed by atoms with E-state index in [-0.39, 0.29) is 22.2 Å². The Kier molecular flexibility index (Phi) is 6.00. The van der Waals surface area contributed by atoms with Gasteiger partial charge < -0.3 is 10.6 Å². The first kappa shape index (κ1) is 21.6. The van der Waals surface area contributed by atoms with E-state index in [1.807, 2.05) is 42.5 Å². The Morgan fingerprint density at radius 2 is 1.69 bits per heavy atom. The minimum atomic E-state index is -4.48. The summed E-state index contributed by atoms with van der Waals surface area (Å²) in [5.41, 5.74) is -2.00. The molecule has 0 radical (unpaired) electrons. The van der Waals surface area contributed by atoms with Crippen molar-refractivity contribution in [2.45, 2.75) is 16.6 Å². The maximum Gasteiger partial charge on any atom is 0.446 e. The Morgan fingerprint density at radius 1 is 0.969 bits per heavy atom. The molecule has 1 atom stereocenters. The second-order valence-corrected chi connectivity index (χ2v) is 7.97. The minimum absolute atomic E-state index is 0.00901. The number of thioether (sulfide) groups is 1. The molecule has 0 spiro atoms. The highest BCUT2D eigenvalue weighted by molar-refractivity contribution is 8.00. The highest BCUT2D eigenvalue weighted by Gasteiger charge is 2.30. The lowest BCUT2D eigenvalue weighted by Crippen LogP contribution is -2.42. The SMILES string of the molecule is O=C(N[C@H]1N=C(c2ccccc2)c2ccccc2NC1=O)c1cccc(SC(F)(F)F)c1. The van der Waals surface area contributed by atoms with Gasteiger partial charge in [0.25, 0.3) is 11.8 Å². The number of alkyl halides is 3. The van der Waals surface area contributed by atoms with Gasteiger partial charge in [0.15, 0.2) is 0 Å². The van der Waals surface area contributed by atoms with Crippen molar-refractivity contribution in [1.82, 2.24) is 5.32 Å². The van der Waals surface area contributed by atoms with E-state index in [1.54, 1.807) is 12.1 Å². The summed E-state index contributed by atoms with van der Waals surface area (Å²) in [6.07, 6.45) is -1.27. The maximum absolute atomic E-state index is 12.8. The summed E-state index contributed by atoms with van der Waals surface area (Å²) in [6, 6.07) is 21.4. The first-order chi connectivity index (χ1) is 15.3. The number of para-hydroxylation sites is 1. The predicted molar refractivity (Wildman–Crippen MR) is 117 cm³/mol. The van der Waals surface area contributed by atoms with Gasteiger partial charge >= 0.3 is 5.51 Å². The number of nitrogens with one attached hydrogen (secondary N) is 2. The number of nitrogens with zero attached hydrogens (tertiary/aromatic N) is 1. The molecule has 0 aliphatic carbocycles. The lowest BCUT2D eigenvalue weighted by molar-refractivity contribution is -0.117. The van der Waals surface area contributed by atoms with E-state index in [9.17, 15) is 22.8 Å². The number of carbonyl (C=O) groups excluding carboxylic acids is 2. The Balaban J connectivity index is 1.66. The fourth-order valence-corrected chi connectivity index (χ4v) is 3.82. The van der Waals surface area contributed by atoms with Crippen LogP contribution in [0.1, 0.15) is 21.5 Å². The second-order valence-electron chi connectivity index (χ2n) is 6.83. The van der Waals surface area contributed by atoms with E-state index >= 15 is 0 Å². The number of fused-ring (bicyclic) bond motifs is 1. The van der Waals surface area contributed by atoms with Gasteiger partial charge in [-0.05, 0) is 36.0 Å². The molecule has 1 aliphatic rings. The molecule has 9 heteroatoms. The number of benzene rings is 3. The Hall–Kier alpha value is -3.59. The molecule has 3 aromatic rings. The van der Waals surface area contributed by atoms with Crippen molar-refractivity contribution in [2.24, 2.45) is 4.99 Å². The molecule has 1 aliphatic heterocycles. The van der Waals surface area contributed by atoms with Crippen LogP contribution >= 0.6 is 11.8 Å². The third-order valence-corrected chi connectivity index (χ3v) is 5.31. The summed E-state index contributed by atoms with van der Waals surface area (Å²) < 4.78 is 38.0. The first-order valence-corrected chi connectivity index (χ1v) is 10.3. The van der Waals surface area contributed by atoms with E-state index in [2.05, 4.69) is 15.6 Å². The molecule has 0 saturated heterocycles. The summed E-state index contributed by atoms with van der Waals surface area (Å²) >= 11 is -0.315.